The minimum absolute atomic E-state index is 0.543. The summed E-state index contributed by atoms with van der Waals surface area (Å²) < 4.78 is 0. The van der Waals surface area contributed by atoms with Crippen LogP contribution in [0.3, 0.4) is 0 Å². The molecule has 0 aliphatic carbocycles. The predicted octanol–water partition coefficient (Wildman–Crippen LogP) is 5.24. The molecule has 0 amide bonds. The maximum absolute atomic E-state index is 6.12. The molecule has 5 N–H and O–H groups in total. The summed E-state index contributed by atoms with van der Waals surface area (Å²) in [6.45, 7) is 2.20. The molecule has 4 nitrogen and oxygen atoms in total. The summed E-state index contributed by atoms with van der Waals surface area (Å²) >= 11 is 1.59. The molecule has 0 spiro atoms. The van der Waals surface area contributed by atoms with E-state index < -0.39 is 0 Å². The van der Waals surface area contributed by atoms with Gasteiger partial charge in [0.2, 0.25) is 0 Å². The summed E-state index contributed by atoms with van der Waals surface area (Å²) in [4.78, 5) is 5.55. The Morgan fingerprint density at radius 3 is 2.50 bits per heavy atom. The Kier molecular flexibility index (Phi) is 7.46. The van der Waals surface area contributed by atoms with Crippen molar-refractivity contribution >= 4 is 22.9 Å². The van der Waals surface area contributed by atoms with Crippen LogP contribution in [-0.4, -0.2) is 12.4 Å². The third kappa shape index (κ3) is 5.71. The number of amidine groups is 1. The lowest BCUT2D eigenvalue weighted by Crippen LogP contribution is -2.17. The van der Waals surface area contributed by atoms with Crippen molar-refractivity contribution in [2.24, 2.45) is 16.5 Å². The SMILES string of the molecule is NCc1cc(-c2ccccc2)ccc1CCNCc1cccc(N=C(N)c2cccs2)c1. The van der Waals surface area contributed by atoms with Crippen molar-refractivity contribution in [3.05, 3.63) is 112 Å². The van der Waals surface area contributed by atoms with Crippen LogP contribution in [0.25, 0.3) is 11.1 Å². The van der Waals surface area contributed by atoms with Crippen LogP contribution >= 0.6 is 11.3 Å². The van der Waals surface area contributed by atoms with Crippen molar-refractivity contribution in [2.45, 2.75) is 19.5 Å². The first-order chi connectivity index (χ1) is 15.7. The molecule has 0 fully saturated rings. The van der Waals surface area contributed by atoms with E-state index in [-0.39, 0.29) is 0 Å². The summed E-state index contributed by atoms with van der Waals surface area (Å²) in [6.07, 6.45) is 0.935. The molecule has 4 rings (SSSR count). The van der Waals surface area contributed by atoms with Crippen molar-refractivity contribution < 1.29 is 0 Å². The van der Waals surface area contributed by atoms with Crippen LogP contribution in [0.2, 0.25) is 0 Å². The van der Waals surface area contributed by atoms with E-state index in [1.165, 1.54) is 27.8 Å². The standard InChI is InChI=1S/C27H28N4S/c28-18-24-17-23(21-7-2-1-3-8-21)12-11-22(24)13-14-30-19-20-6-4-9-25(16-20)31-27(29)26-10-5-15-32-26/h1-12,15-17,30H,13-14,18-19,28H2,(H2,29,31). The molecule has 162 valence electrons. The molecule has 0 aliphatic heterocycles. The molecule has 5 heteroatoms. The molecule has 32 heavy (non-hydrogen) atoms. The van der Waals surface area contributed by atoms with Gasteiger partial charge in [-0.3, -0.25) is 0 Å². The zero-order valence-corrected chi connectivity index (χ0v) is 18.8. The first kappa shape index (κ1) is 22.0. The molecule has 3 aromatic carbocycles. The predicted molar refractivity (Wildman–Crippen MR) is 136 cm³/mol. The fourth-order valence-electron chi connectivity index (χ4n) is 3.68. The lowest BCUT2D eigenvalue weighted by atomic mass is 9.97. The number of benzene rings is 3. The van der Waals surface area contributed by atoms with E-state index in [1.807, 2.05) is 35.7 Å². The van der Waals surface area contributed by atoms with Crippen LogP contribution in [0.5, 0.6) is 0 Å². The average molecular weight is 441 g/mol. The normalized spacial score (nSPS) is 11.6. The van der Waals surface area contributed by atoms with E-state index in [0.29, 0.717) is 12.4 Å². The van der Waals surface area contributed by atoms with E-state index in [1.54, 1.807) is 11.3 Å². The van der Waals surface area contributed by atoms with Gasteiger partial charge in [-0.1, -0.05) is 60.7 Å². The van der Waals surface area contributed by atoms with E-state index in [9.17, 15) is 0 Å². The Balaban J connectivity index is 1.34. The Labute approximate surface area is 193 Å². The topological polar surface area (TPSA) is 76.4 Å². The minimum atomic E-state index is 0.543. The first-order valence-corrected chi connectivity index (χ1v) is 11.7. The van der Waals surface area contributed by atoms with Crippen LogP contribution in [0, 0.1) is 0 Å². The third-order valence-electron chi connectivity index (χ3n) is 5.37. The monoisotopic (exact) mass is 440 g/mol. The van der Waals surface area contributed by atoms with Gasteiger partial charge in [0, 0.05) is 13.1 Å². The van der Waals surface area contributed by atoms with Crippen molar-refractivity contribution in [2.75, 3.05) is 6.54 Å². The number of aliphatic imine (C=N–C) groups is 1. The summed E-state index contributed by atoms with van der Waals surface area (Å²) in [7, 11) is 0. The molecular formula is C27H28N4S. The summed E-state index contributed by atoms with van der Waals surface area (Å²) in [6, 6.07) is 29.2. The number of rotatable bonds is 9. The van der Waals surface area contributed by atoms with Gasteiger partial charge in [-0.25, -0.2) is 4.99 Å². The molecule has 1 heterocycles. The maximum Gasteiger partial charge on any atom is 0.141 e. The van der Waals surface area contributed by atoms with Crippen LogP contribution < -0.4 is 16.8 Å². The van der Waals surface area contributed by atoms with Crippen molar-refractivity contribution in [1.82, 2.24) is 5.32 Å². The molecule has 4 aromatic rings. The van der Waals surface area contributed by atoms with Gasteiger partial charge in [-0.2, -0.15) is 0 Å². The van der Waals surface area contributed by atoms with Crippen LogP contribution in [0.4, 0.5) is 5.69 Å². The Morgan fingerprint density at radius 2 is 1.72 bits per heavy atom. The molecule has 0 radical (unpaired) electrons. The van der Waals surface area contributed by atoms with Crippen molar-refractivity contribution in [3.63, 3.8) is 0 Å². The van der Waals surface area contributed by atoms with Gasteiger partial charge in [0.15, 0.2) is 0 Å². The second-order valence-electron chi connectivity index (χ2n) is 7.62. The highest BCUT2D eigenvalue weighted by Gasteiger charge is 2.05. The number of nitrogens with zero attached hydrogens (tertiary/aromatic N) is 1. The maximum atomic E-state index is 6.12. The Bertz CT molecular complexity index is 1170. The van der Waals surface area contributed by atoms with Crippen LogP contribution in [0.1, 0.15) is 21.6 Å². The zero-order valence-electron chi connectivity index (χ0n) is 18.0. The van der Waals surface area contributed by atoms with Gasteiger partial charge in [0.05, 0.1) is 10.6 Å². The van der Waals surface area contributed by atoms with Gasteiger partial charge < -0.3 is 16.8 Å². The smallest absolute Gasteiger partial charge is 0.141 e. The quantitative estimate of drug-likeness (QED) is 0.189. The molecule has 0 bridgehead atoms. The molecule has 0 atom stereocenters. The fraction of sp³-hybridized carbons (Fsp3) is 0.148. The second-order valence-corrected chi connectivity index (χ2v) is 8.57. The van der Waals surface area contributed by atoms with Gasteiger partial charge in [0.1, 0.15) is 5.84 Å². The highest BCUT2D eigenvalue weighted by atomic mass is 32.1. The van der Waals surface area contributed by atoms with E-state index in [4.69, 9.17) is 11.5 Å². The number of hydrogen-bond acceptors (Lipinski definition) is 4. The number of nitrogens with one attached hydrogen (secondary N) is 1. The van der Waals surface area contributed by atoms with Crippen LogP contribution in [0.15, 0.2) is 95.3 Å². The zero-order chi connectivity index (χ0) is 22.2. The summed E-state index contributed by atoms with van der Waals surface area (Å²) in [5.74, 6) is 0.554. The molecule has 1 aromatic heterocycles. The van der Waals surface area contributed by atoms with E-state index in [0.717, 1.165) is 30.1 Å². The second kappa shape index (κ2) is 10.9. The lowest BCUT2D eigenvalue weighted by Gasteiger charge is -2.12. The molecule has 0 aliphatic rings. The van der Waals surface area contributed by atoms with Gasteiger partial charge in [-0.15, -0.1) is 11.3 Å². The van der Waals surface area contributed by atoms with Crippen molar-refractivity contribution in [3.8, 4) is 11.1 Å². The minimum Gasteiger partial charge on any atom is -0.383 e. The van der Waals surface area contributed by atoms with Gasteiger partial charge in [-0.05, 0) is 70.4 Å². The Morgan fingerprint density at radius 1 is 0.844 bits per heavy atom. The average Bonchev–Trinajstić information content (AvgIpc) is 3.38. The molecule has 0 saturated heterocycles. The fourth-order valence-corrected chi connectivity index (χ4v) is 4.31. The van der Waals surface area contributed by atoms with Gasteiger partial charge >= 0.3 is 0 Å². The Hall–Kier alpha value is -3.25. The number of hydrogen-bond donors (Lipinski definition) is 3. The highest BCUT2D eigenvalue weighted by Crippen LogP contribution is 2.23. The largest absolute Gasteiger partial charge is 0.383 e. The summed E-state index contributed by atoms with van der Waals surface area (Å²) in [5.41, 5.74) is 19.1. The lowest BCUT2D eigenvalue weighted by molar-refractivity contribution is 0.684. The molecule has 0 unspecified atom stereocenters. The molecular weight excluding hydrogens is 412 g/mol. The molecule has 0 saturated carbocycles. The van der Waals surface area contributed by atoms with E-state index in [2.05, 4.69) is 64.9 Å². The van der Waals surface area contributed by atoms with Gasteiger partial charge in [0.25, 0.3) is 0 Å². The van der Waals surface area contributed by atoms with Crippen molar-refractivity contribution in [1.29, 1.82) is 0 Å². The summed E-state index contributed by atoms with van der Waals surface area (Å²) in [5, 5.41) is 5.54. The third-order valence-corrected chi connectivity index (χ3v) is 6.26. The number of thiophene rings is 1. The van der Waals surface area contributed by atoms with Crippen LogP contribution in [-0.2, 0) is 19.5 Å². The highest BCUT2D eigenvalue weighted by molar-refractivity contribution is 7.12. The van der Waals surface area contributed by atoms with E-state index >= 15 is 0 Å². The number of nitrogens with two attached hydrogens (primary N) is 2. The first-order valence-electron chi connectivity index (χ1n) is 10.8.